The first-order valence-corrected chi connectivity index (χ1v) is 9.32. The number of aromatic nitrogens is 1. The highest BCUT2D eigenvalue weighted by Gasteiger charge is 2.13. The van der Waals surface area contributed by atoms with Gasteiger partial charge >= 0.3 is 0 Å². The van der Waals surface area contributed by atoms with Gasteiger partial charge in [-0.05, 0) is 44.0 Å². The van der Waals surface area contributed by atoms with Crippen LogP contribution in [0.3, 0.4) is 0 Å². The normalized spacial score (nSPS) is 10.9. The number of thiazole rings is 1. The average Bonchev–Trinajstić information content (AvgIpc) is 2.95. The number of nitrogens with two attached hydrogens (primary N) is 1. The third kappa shape index (κ3) is 5.45. The van der Waals surface area contributed by atoms with Crippen LogP contribution in [0.1, 0.15) is 47.6 Å². The van der Waals surface area contributed by atoms with Crippen LogP contribution in [0.25, 0.3) is 0 Å². The number of nitrogen functional groups attached to an aromatic ring is 1. The molecule has 8 heteroatoms. The summed E-state index contributed by atoms with van der Waals surface area (Å²) in [6.45, 7) is 6.95. The van der Waals surface area contributed by atoms with Crippen molar-refractivity contribution in [1.82, 2.24) is 10.4 Å². The molecule has 1 aromatic carbocycles. The van der Waals surface area contributed by atoms with E-state index in [1.54, 1.807) is 13.1 Å². The third-order valence-corrected chi connectivity index (χ3v) is 4.41. The maximum Gasteiger partial charge on any atom is 0.283 e. The first-order chi connectivity index (χ1) is 12.5. The summed E-state index contributed by atoms with van der Waals surface area (Å²) in [6.07, 6.45) is 3.58. The molecule has 0 radical (unpaired) electrons. The maximum absolute atomic E-state index is 12.1. The summed E-state index contributed by atoms with van der Waals surface area (Å²) in [5.74, 6) is 1.03. The topological polar surface area (TPSA) is 98.8 Å². The lowest BCUT2D eigenvalue weighted by Gasteiger charge is -2.12. The van der Waals surface area contributed by atoms with Crippen molar-refractivity contribution in [2.75, 3.05) is 18.9 Å². The fourth-order valence-electron chi connectivity index (χ4n) is 2.16. The van der Waals surface area contributed by atoms with Crippen LogP contribution in [-0.4, -0.2) is 30.3 Å². The number of ether oxygens (including phenoxy) is 2. The predicted molar refractivity (Wildman–Crippen MR) is 104 cm³/mol. The highest BCUT2D eigenvalue weighted by Crippen LogP contribution is 2.28. The molecule has 0 aliphatic carbocycles. The van der Waals surface area contributed by atoms with E-state index in [1.807, 2.05) is 25.1 Å². The minimum absolute atomic E-state index is 0.335. The molecule has 1 heterocycles. The van der Waals surface area contributed by atoms with Crippen molar-refractivity contribution in [2.45, 2.75) is 33.6 Å². The third-order valence-electron chi connectivity index (χ3n) is 3.42. The molecule has 1 amide bonds. The maximum atomic E-state index is 12.1. The molecular formula is C18H24N4O3S. The summed E-state index contributed by atoms with van der Waals surface area (Å²) < 4.78 is 11.4. The Morgan fingerprint density at radius 2 is 2.15 bits per heavy atom. The molecule has 0 spiro atoms. The zero-order valence-corrected chi connectivity index (χ0v) is 16.1. The van der Waals surface area contributed by atoms with Gasteiger partial charge in [0.25, 0.3) is 5.91 Å². The van der Waals surface area contributed by atoms with E-state index in [2.05, 4.69) is 22.4 Å². The molecule has 2 aromatic rings. The standard InChI is InChI=1S/C18H24N4O3S/c1-4-6-9-25-15-10-13(7-8-14(15)24-5-2)11-20-22-17(23)16-12(3)21-18(19)26-16/h7-8,10-11H,4-6,9H2,1-3H3,(H2,19,21)(H,22,23)/b20-11+. The number of carbonyl (C=O) groups excluding carboxylic acids is 1. The Balaban J connectivity index is 2.05. The van der Waals surface area contributed by atoms with Crippen molar-refractivity contribution < 1.29 is 14.3 Å². The molecular weight excluding hydrogens is 352 g/mol. The smallest absolute Gasteiger partial charge is 0.283 e. The van der Waals surface area contributed by atoms with Crippen LogP contribution in [-0.2, 0) is 0 Å². The lowest BCUT2D eigenvalue weighted by Crippen LogP contribution is -2.17. The number of hydrazone groups is 1. The second-order valence-corrected chi connectivity index (χ2v) is 6.54. The molecule has 0 atom stereocenters. The number of benzene rings is 1. The minimum Gasteiger partial charge on any atom is -0.490 e. The fraction of sp³-hybridized carbons (Fsp3) is 0.389. The molecule has 0 aliphatic heterocycles. The van der Waals surface area contributed by atoms with Gasteiger partial charge in [-0.3, -0.25) is 4.79 Å². The van der Waals surface area contributed by atoms with Gasteiger partial charge in [-0.1, -0.05) is 24.7 Å². The van der Waals surface area contributed by atoms with Crippen molar-refractivity contribution in [3.8, 4) is 11.5 Å². The van der Waals surface area contributed by atoms with E-state index in [1.165, 1.54) is 0 Å². The van der Waals surface area contributed by atoms with Crippen molar-refractivity contribution in [3.63, 3.8) is 0 Å². The van der Waals surface area contributed by atoms with Gasteiger partial charge in [0.15, 0.2) is 16.6 Å². The molecule has 0 aliphatic rings. The SMILES string of the molecule is CCCCOc1cc(/C=N/NC(=O)c2sc(N)nc2C)ccc1OCC. The summed E-state index contributed by atoms with van der Waals surface area (Å²) in [4.78, 5) is 16.6. The quantitative estimate of drug-likeness (QED) is 0.397. The van der Waals surface area contributed by atoms with Gasteiger partial charge in [-0.15, -0.1) is 0 Å². The summed E-state index contributed by atoms with van der Waals surface area (Å²) >= 11 is 1.13. The van der Waals surface area contributed by atoms with Crippen molar-refractivity contribution in [3.05, 3.63) is 34.3 Å². The van der Waals surface area contributed by atoms with Crippen molar-refractivity contribution >= 4 is 28.6 Å². The monoisotopic (exact) mass is 376 g/mol. The van der Waals surface area contributed by atoms with E-state index in [4.69, 9.17) is 15.2 Å². The second kappa shape index (κ2) is 9.76. The number of anilines is 1. The van der Waals surface area contributed by atoms with Crippen LogP contribution in [0.5, 0.6) is 11.5 Å². The highest BCUT2D eigenvalue weighted by molar-refractivity contribution is 7.17. The number of rotatable bonds is 9. The van der Waals surface area contributed by atoms with Gasteiger partial charge in [0.05, 0.1) is 25.1 Å². The second-order valence-electron chi connectivity index (χ2n) is 5.51. The number of aryl methyl sites for hydroxylation is 1. The summed E-state index contributed by atoms with van der Waals surface area (Å²) in [5.41, 5.74) is 9.48. The lowest BCUT2D eigenvalue weighted by atomic mass is 10.2. The van der Waals surface area contributed by atoms with E-state index in [0.717, 1.165) is 29.7 Å². The lowest BCUT2D eigenvalue weighted by molar-refractivity contribution is 0.0958. The van der Waals surface area contributed by atoms with E-state index in [-0.39, 0.29) is 5.91 Å². The van der Waals surface area contributed by atoms with E-state index >= 15 is 0 Å². The van der Waals surface area contributed by atoms with Gasteiger partial charge in [-0.2, -0.15) is 5.10 Å². The number of carbonyl (C=O) groups is 1. The number of unbranched alkanes of at least 4 members (excludes halogenated alkanes) is 1. The molecule has 3 N–H and O–H groups in total. The average molecular weight is 376 g/mol. The van der Waals surface area contributed by atoms with Crippen LogP contribution in [0, 0.1) is 6.92 Å². The zero-order chi connectivity index (χ0) is 18.9. The number of nitrogens with one attached hydrogen (secondary N) is 1. The summed E-state index contributed by atoms with van der Waals surface area (Å²) in [6, 6.07) is 5.53. The summed E-state index contributed by atoms with van der Waals surface area (Å²) in [7, 11) is 0. The minimum atomic E-state index is -0.335. The predicted octanol–water partition coefficient (Wildman–Crippen LogP) is 3.38. The van der Waals surface area contributed by atoms with Gasteiger partial charge in [0, 0.05) is 0 Å². The van der Waals surface area contributed by atoms with Gasteiger partial charge in [0.1, 0.15) is 4.88 Å². The Morgan fingerprint density at radius 3 is 2.81 bits per heavy atom. The Labute approximate surface area is 157 Å². The van der Waals surface area contributed by atoms with E-state index in [9.17, 15) is 4.79 Å². The van der Waals surface area contributed by atoms with Gasteiger partial charge in [0.2, 0.25) is 0 Å². The van der Waals surface area contributed by atoms with Crippen LogP contribution >= 0.6 is 11.3 Å². The van der Waals surface area contributed by atoms with Crippen LogP contribution < -0.4 is 20.6 Å². The Morgan fingerprint density at radius 1 is 1.35 bits per heavy atom. The van der Waals surface area contributed by atoms with E-state index < -0.39 is 0 Å². The Hall–Kier alpha value is -2.61. The van der Waals surface area contributed by atoms with Crippen LogP contribution in [0.4, 0.5) is 5.13 Å². The van der Waals surface area contributed by atoms with Gasteiger partial charge < -0.3 is 15.2 Å². The molecule has 0 bridgehead atoms. The number of nitrogens with zero attached hydrogens (tertiary/aromatic N) is 2. The molecule has 7 nitrogen and oxygen atoms in total. The van der Waals surface area contributed by atoms with Crippen LogP contribution in [0.2, 0.25) is 0 Å². The molecule has 140 valence electrons. The van der Waals surface area contributed by atoms with Crippen molar-refractivity contribution in [2.24, 2.45) is 5.10 Å². The molecule has 0 unspecified atom stereocenters. The summed E-state index contributed by atoms with van der Waals surface area (Å²) in [5, 5.41) is 4.36. The van der Waals surface area contributed by atoms with Crippen molar-refractivity contribution in [1.29, 1.82) is 0 Å². The van der Waals surface area contributed by atoms with Crippen LogP contribution in [0.15, 0.2) is 23.3 Å². The first kappa shape index (κ1) is 19.7. The molecule has 0 fully saturated rings. The number of hydrogen-bond acceptors (Lipinski definition) is 7. The Kier molecular flexibility index (Phi) is 7.40. The number of amides is 1. The molecule has 2 rings (SSSR count). The Bertz CT molecular complexity index is 774. The molecule has 26 heavy (non-hydrogen) atoms. The van der Waals surface area contributed by atoms with E-state index in [0.29, 0.717) is 40.4 Å². The molecule has 1 aromatic heterocycles. The largest absolute Gasteiger partial charge is 0.490 e. The molecule has 0 saturated heterocycles. The van der Waals surface area contributed by atoms with Gasteiger partial charge in [-0.25, -0.2) is 10.4 Å². The fourth-order valence-corrected chi connectivity index (χ4v) is 2.89. The number of hydrogen-bond donors (Lipinski definition) is 2. The first-order valence-electron chi connectivity index (χ1n) is 8.51. The zero-order valence-electron chi connectivity index (χ0n) is 15.2. The highest BCUT2D eigenvalue weighted by atomic mass is 32.1. The molecule has 0 saturated carbocycles.